The molecule has 2 aliphatic heterocycles. The van der Waals surface area contributed by atoms with Crippen LogP contribution >= 0.6 is 0 Å². The molecule has 1 aromatic heterocycles. The quantitative estimate of drug-likeness (QED) is 0.595. The molecule has 3 aromatic rings. The minimum Gasteiger partial charge on any atom is -0.497 e. The monoisotopic (exact) mass is 461 g/mol. The Morgan fingerprint density at radius 1 is 1.00 bits per heavy atom. The summed E-state index contributed by atoms with van der Waals surface area (Å²) in [7, 11) is 3.46. The lowest BCUT2D eigenvalue weighted by molar-refractivity contribution is -0.136. The fraction of sp³-hybridized carbons (Fsp3) is 0.423. The molecule has 2 aliphatic rings. The van der Waals surface area contributed by atoms with Crippen molar-refractivity contribution in [2.24, 2.45) is 13.0 Å². The number of hydrogen-bond donors (Lipinski definition) is 0. The van der Waals surface area contributed by atoms with E-state index < -0.39 is 0 Å². The number of carbonyl (C=O) groups is 1. The maximum absolute atomic E-state index is 13.4. The maximum Gasteiger partial charge on any atom is 0.293 e. The average Bonchev–Trinajstić information content (AvgIpc) is 2.90. The molecule has 5 rings (SSSR count). The van der Waals surface area contributed by atoms with Crippen LogP contribution < -0.4 is 20.1 Å². The van der Waals surface area contributed by atoms with Crippen LogP contribution in [0.4, 0.5) is 11.5 Å². The molecular formula is C26H31N5O3. The van der Waals surface area contributed by atoms with E-state index in [1.807, 2.05) is 52.3 Å². The summed E-state index contributed by atoms with van der Waals surface area (Å²) in [4.78, 5) is 37.4. The van der Waals surface area contributed by atoms with E-state index in [4.69, 9.17) is 4.74 Å². The van der Waals surface area contributed by atoms with Gasteiger partial charge in [0.1, 0.15) is 5.75 Å². The van der Waals surface area contributed by atoms with Gasteiger partial charge in [-0.15, -0.1) is 0 Å². The van der Waals surface area contributed by atoms with E-state index in [0.29, 0.717) is 25.5 Å². The molecule has 0 N–H and O–H groups in total. The topological polar surface area (TPSA) is 70.9 Å². The first kappa shape index (κ1) is 22.3. The number of aryl methyl sites for hydroxylation is 1. The Labute approximate surface area is 199 Å². The van der Waals surface area contributed by atoms with Gasteiger partial charge in [0.2, 0.25) is 5.91 Å². The molecule has 0 bridgehead atoms. The number of fused-ring (bicyclic) bond motifs is 1. The van der Waals surface area contributed by atoms with Crippen molar-refractivity contribution in [2.75, 3.05) is 56.2 Å². The number of anilines is 2. The summed E-state index contributed by atoms with van der Waals surface area (Å²) in [6.07, 6.45) is 1.72. The maximum atomic E-state index is 13.4. The van der Waals surface area contributed by atoms with Gasteiger partial charge < -0.3 is 24.0 Å². The number of hydrogen-bond acceptors (Lipinski definition) is 6. The van der Waals surface area contributed by atoms with Crippen LogP contribution in [0.1, 0.15) is 12.8 Å². The second kappa shape index (κ2) is 9.37. The van der Waals surface area contributed by atoms with E-state index in [1.54, 1.807) is 18.7 Å². The predicted molar refractivity (Wildman–Crippen MR) is 134 cm³/mol. The zero-order valence-electron chi connectivity index (χ0n) is 19.8. The van der Waals surface area contributed by atoms with Gasteiger partial charge in [0.25, 0.3) is 5.56 Å². The molecule has 1 amide bonds. The Bertz CT molecular complexity index is 1250. The third-order valence-corrected chi connectivity index (χ3v) is 7.05. The Morgan fingerprint density at radius 2 is 1.79 bits per heavy atom. The Morgan fingerprint density at radius 3 is 2.59 bits per heavy atom. The molecule has 34 heavy (non-hydrogen) atoms. The van der Waals surface area contributed by atoms with Crippen molar-refractivity contribution in [3.63, 3.8) is 0 Å². The third-order valence-electron chi connectivity index (χ3n) is 7.05. The fourth-order valence-corrected chi connectivity index (χ4v) is 5.09. The van der Waals surface area contributed by atoms with Gasteiger partial charge in [-0.3, -0.25) is 9.59 Å². The lowest BCUT2D eigenvalue weighted by atomic mass is 9.96. The van der Waals surface area contributed by atoms with Gasteiger partial charge in [-0.05, 0) is 37.1 Å². The van der Waals surface area contributed by atoms with Crippen LogP contribution in [0, 0.1) is 5.92 Å². The molecule has 2 saturated heterocycles. The lowest BCUT2D eigenvalue weighted by Crippen LogP contribution is -2.53. The first-order chi connectivity index (χ1) is 16.5. The molecule has 0 spiro atoms. The first-order valence-electron chi connectivity index (χ1n) is 11.9. The molecule has 8 heteroatoms. The van der Waals surface area contributed by atoms with Gasteiger partial charge in [0, 0.05) is 58.1 Å². The molecule has 8 nitrogen and oxygen atoms in total. The zero-order chi connectivity index (χ0) is 23.7. The number of piperazine rings is 1. The van der Waals surface area contributed by atoms with Gasteiger partial charge in [0.05, 0.1) is 24.1 Å². The van der Waals surface area contributed by atoms with Crippen molar-refractivity contribution in [3.05, 3.63) is 58.9 Å². The highest BCUT2D eigenvalue weighted by Crippen LogP contribution is 2.25. The summed E-state index contributed by atoms with van der Waals surface area (Å²) in [5, 5.41) is 0. The van der Waals surface area contributed by atoms with E-state index in [-0.39, 0.29) is 17.4 Å². The van der Waals surface area contributed by atoms with Crippen molar-refractivity contribution in [1.29, 1.82) is 0 Å². The zero-order valence-corrected chi connectivity index (χ0v) is 19.8. The number of piperidine rings is 1. The summed E-state index contributed by atoms with van der Waals surface area (Å²) in [5.41, 5.74) is 2.61. The molecule has 178 valence electrons. The molecule has 0 saturated carbocycles. The predicted octanol–water partition coefficient (Wildman–Crippen LogP) is 2.51. The summed E-state index contributed by atoms with van der Waals surface area (Å²) in [5.74, 6) is 1.36. The number of amides is 1. The van der Waals surface area contributed by atoms with Gasteiger partial charge in [-0.1, -0.05) is 18.2 Å². The van der Waals surface area contributed by atoms with Crippen molar-refractivity contribution >= 4 is 28.4 Å². The summed E-state index contributed by atoms with van der Waals surface area (Å²) in [6, 6.07) is 15.7. The van der Waals surface area contributed by atoms with Crippen LogP contribution in [0.5, 0.6) is 5.75 Å². The van der Waals surface area contributed by atoms with Gasteiger partial charge in [-0.25, -0.2) is 4.98 Å². The molecule has 3 heterocycles. The number of benzene rings is 2. The smallest absolute Gasteiger partial charge is 0.293 e. The van der Waals surface area contributed by atoms with Crippen LogP contribution in [0.2, 0.25) is 0 Å². The highest BCUT2D eigenvalue weighted by molar-refractivity contribution is 5.80. The van der Waals surface area contributed by atoms with Crippen LogP contribution in [-0.4, -0.2) is 66.7 Å². The number of aromatic nitrogens is 2. The van der Waals surface area contributed by atoms with Gasteiger partial charge in [-0.2, -0.15) is 0 Å². The fourth-order valence-electron chi connectivity index (χ4n) is 5.09. The standard InChI is InChI=1S/C26H31N5O3/c1-28-23-11-4-3-10-22(23)27-24(26(28)33)31-12-6-7-19(18-31)25(32)30-15-13-29(14-16-30)20-8-5-9-21(17-20)34-2/h3-5,8-11,17,19H,6-7,12-16,18H2,1-2H3/t19-/m0/s1. The van der Waals surface area contributed by atoms with Crippen molar-refractivity contribution in [3.8, 4) is 5.75 Å². The second-order valence-corrected chi connectivity index (χ2v) is 9.09. The second-order valence-electron chi connectivity index (χ2n) is 9.09. The minimum absolute atomic E-state index is 0.112. The van der Waals surface area contributed by atoms with E-state index in [0.717, 1.165) is 54.9 Å². The highest BCUT2D eigenvalue weighted by Gasteiger charge is 2.32. The van der Waals surface area contributed by atoms with E-state index in [9.17, 15) is 9.59 Å². The normalized spacial score (nSPS) is 18.9. The molecule has 1 atom stereocenters. The number of ether oxygens (including phenoxy) is 1. The van der Waals surface area contributed by atoms with E-state index in [2.05, 4.69) is 16.0 Å². The van der Waals surface area contributed by atoms with Crippen LogP contribution in [0.3, 0.4) is 0 Å². The number of para-hydroxylation sites is 2. The molecule has 0 radical (unpaired) electrons. The van der Waals surface area contributed by atoms with Crippen molar-refractivity contribution in [1.82, 2.24) is 14.5 Å². The van der Waals surface area contributed by atoms with Crippen LogP contribution in [0.25, 0.3) is 11.0 Å². The first-order valence-corrected chi connectivity index (χ1v) is 11.9. The molecule has 2 aromatic carbocycles. The Kier molecular flexibility index (Phi) is 6.13. The summed E-state index contributed by atoms with van der Waals surface area (Å²) >= 11 is 0. The third kappa shape index (κ3) is 4.20. The van der Waals surface area contributed by atoms with Crippen LogP contribution in [0.15, 0.2) is 53.3 Å². The van der Waals surface area contributed by atoms with Crippen molar-refractivity contribution in [2.45, 2.75) is 12.8 Å². The molecular weight excluding hydrogens is 430 g/mol. The number of carbonyl (C=O) groups excluding carboxylic acids is 1. The van der Waals surface area contributed by atoms with Crippen LogP contribution in [-0.2, 0) is 11.8 Å². The highest BCUT2D eigenvalue weighted by atomic mass is 16.5. The van der Waals surface area contributed by atoms with Gasteiger partial charge >= 0.3 is 0 Å². The SMILES string of the molecule is COc1cccc(N2CCN(C(=O)[C@H]3CCCN(c4nc5ccccc5n(C)c4=O)C3)CC2)c1. The lowest BCUT2D eigenvalue weighted by Gasteiger charge is -2.40. The van der Waals surface area contributed by atoms with Crippen molar-refractivity contribution < 1.29 is 9.53 Å². The molecule has 0 unspecified atom stereocenters. The molecule has 0 aliphatic carbocycles. The van der Waals surface area contributed by atoms with E-state index >= 15 is 0 Å². The summed E-state index contributed by atoms with van der Waals surface area (Å²) < 4.78 is 7.00. The average molecular weight is 462 g/mol. The van der Waals surface area contributed by atoms with E-state index in [1.165, 1.54) is 0 Å². The largest absolute Gasteiger partial charge is 0.497 e. The van der Waals surface area contributed by atoms with Gasteiger partial charge in [0.15, 0.2) is 5.82 Å². The number of methoxy groups -OCH3 is 1. The number of rotatable bonds is 4. The summed E-state index contributed by atoms with van der Waals surface area (Å²) in [6.45, 7) is 4.26. The minimum atomic E-state index is -0.116. The Balaban J connectivity index is 1.27. The number of nitrogens with zero attached hydrogens (tertiary/aromatic N) is 5. The molecule has 2 fully saturated rings. The Hall–Kier alpha value is -3.55.